The zero-order valence-corrected chi connectivity index (χ0v) is 10.2. The molecule has 0 bridgehead atoms. The molecule has 1 rings (SSSR count). The zero-order chi connectivity index (χ0) is 11.3. The molecule has 0 aromatic carbocycles. The minimum absolute atomic E-state index is 0.0502. The predicted molar refractivity (Wildman–Crippen MR) is 62.0 cm³/mol. The first-order valence-electron chi connectivity index (χ1n) is 5.09. The standard InChI is InChI=1S/C10H17N3OS/c1-4-8-6-11-9(15-8)7-12-10(14)13(3)5-2/h6H,4-5,7H2,1-3H3,(H,12,14). The molecule has 0 spiro atoms. The van der Waals surface area contributed by atoms with Crippen molar-refractivity contribution in [2.75, 3.05) is 13.6 Å². The quantitative estimate of drug-likeness (QED) is 0.853. The highest BCUT2D eigenvalue weighted by atomic mass is 32.1. The Balaban J connectivity index is 2.40. The Hall–Kier alpha value is -1.10. The molecule has 0 radical (unpaired) electrons. The van der Waals surface area contributed by atoms with Gasteiger partial charge in [-0.15, -0.1) is 11.3 Å². The summed E-state index contributed by atoms with van der Waals surface area (Å²) in [6, 6.07) is -0.0502. The summed E-state index contributed by atoms with van der Waals surface area (Å²) in [5.41, 5.74) is 0. The van der Waals surface area contributed by atoms with Crippen LogP contribution in [0.4, 0.5) is 4.79 Å². The highest BCUT2D eigenvalue weighted by Crippen LogP contribution is 2.12. The van der Waals surface area contributed by atoms with Crippen molar-refractivity contribution in [2.24, 2.45) is 0 Å². The molecular formula is C10H17N3OS. The van der Waals surface area contributed by atoms with Gasteiger partial charge >= 0.3 is 6.03 Å². The molecule has 0 fully saturated rings. The van der Waals surface area contributed by atoms with E-state index < -0.39 is 0 Å². The molecule has 0 saturated heterocycles. The molecule has 1 N–H and O–H groups in total. The average Bonchev–Trinajstić information content (AvgIpc) is 2.72. The Morgan fingerprint density at radius 2 is 2.33 bits per heavy atom. The highest BCUT2D eigenvalue weighted by molar-refractivity contribution is 7.11. The molecule has 0 atom stereocenters. The molecular weight excluding hydrogens is 210 g/mol. The third-order valence-corrected chi connectivity index (χ3v) is 3.30. The molecule has 0 saturated carbocycles. The summed E-state index contributed by atoms with van der Waals surface area (Å²) in [4.78, 5) is 18.5. The first kappa shape index (κ1) is 12.0. The number of carbonyl (C=O) groups excluding carboxylic acids is 1. The lowest BCUT2D eigenvalue weighted by Gasteiger charge is -2.14. The summed E-state index contributed by atoms with van der Waals surface area (Å²) in [5, 5.41) is 3.78. The van der Waals surface area contributed by atoms with E-state index in [0.29, 0.717) is 13.1 Å². The summed E-state index contributed by atoms with van der Waals surface area (Å²) in [6.45, 7) is 5.27. The number of aromatic nitrogens is 1. The Labute approximate surface area is 94.3 Å². The van der Waals surface area contributed by atoms with Crippen LogP contribution in [0.3, 0.4) is 0 Å². The molecule has 1 aromatic rings. The van der Waals surface area contributed by atoms with Gasteiger partial charge in [-0.05, 0) is 13.3 Å². The number of amides is 2. The number of carbonyl (C=O) groups is 1. The number of nitrogens with one attached hydrogen (secondary N) is 1. The second-order valence-corrected chi connectivity index (χ2v) is 4.45. The van der Waals surface area contributed by atoms with Crippen molar-refractivity contribution in [1.82, 2.24) is 15.2 Å². The van der Waals surface area contributed by atoms with E-state index in [9.17, 15) is 4.79 Å². The van der Waals surface area contributed by atoms with E-state index in [1.807, 2.05) is 13.1 Å². The number of nitrogens with zero attached hydrogens (tertiary/aromatic N) is 2. The van der Waals surface area contributed by atoms with Crippen LogP contribution in [0.1, 0.15) is 23.7 Å². The largest absolute Gasteiger partial charge is 0.331 e. The third kappa shape index (κ3) is 3.51. The fourth-order valence-corrected chi connectivity index (χ4v) is 1.83. The van der Waals surface area contributed by atoms with Gasteiger partial charge in [-0.3, -0.25) is 0 Å². The zero-order valence-electron chi connectivity index (χ0n) is 9.41. The van der Waals surface area contributed by atoms with Gasteiger partial charge in [-0.2, -0.15) is 0 Å². The van der Waals surface area contributed by atoms with Crippen molar-refractivity contribution in [2.45, 2.75) is 26.8 Å². The Bertz CT molecular complexity index is 324. The van der Waals surface area contributed by atoms with Crippen LogP contribution in [-0.2, 0) is 13.0 Å². The van der Waals surface area contributed by atoms with Crippen molar-refractivity contribution in [3.8, 4) is 0 Å². The number of hydrogen-bond acceptors (Lipinski definition) is 3. The van der Waals surface area contributed by atoms with E-state index in [0.717, 1.165) is 11.4 Å². The number of hydrogen-bond donors (Lipinski definition) is 1. The molecule has 4 nitrogen and oxygen atoms in total. The molecule has 0 aliphatic carbocycles. The van der Waals surface area contributed by atoms with Gasteiger partial charge in [0.1, 0.15) is 5.01 Å². The van der Waals surface area contributed by atoms with Gasteiger partial charge in [0, 0.05) is 24.7 Å². The van der Waals surface area contributed by atoms with Gasteiger partial charge in [0.2, 0.25) is 0 Å². The molecule has 5 heteroatoms. The first-order valence-corrected chi connectivity index (χ1v) is 5.91. The van der Waals surface area contributed by atoms with Crippen LogP contribution < -0.4 is 5.32 Å². The van der Waals surface area contributed by atoms with Crippen molar-refractivity contribution < 1.29 is 4.79 Å². The normalized spacial score (nSPS) is 10.1. The van der Waals surface area contributed by atoms with Gasteiger partial charge in [-0.25, -0.2) is 9.78 Å². The SMILES string of the molecule is CCc1cnc(CNC(=O)N(C)CC)s1. The number of thiazole rings is 1. The monoisotopic (exact) mass is 227 g/mol. The van der Waals surface area contributed by atoms with Gasteiger partial charge in [0.15, 0.2) is 0 Å². The summed E-state index contributed by atoms with van der Waals surface area (Å²) >= 11 is 1.65. The molecule has 0 aliphatic heterocycles. The van der Waals surface area contributed by atoms with Crippen LogP contribution >= 0.6 is 11.3 Å². The van der Waals surface area contributed by atoms with E-state index in [2.05, 4.69) is 17.2 Å². The van der Waals surface area contributed by atoms with Crippen molar-refractivity contribution in [3.63, 3.8) is 0 Å². The smallest absolute Gasteiger partial charge is 0.317 e. The topological polar surface area (TPSA) is 45.2 Å². The Morgan fingerprint density at radius 3 is 2.87 bits per heavy atom. The Kier molecular flexibility index (Phi) is 4.55. The molecule has 84 valence electrons. The molecule has 0 unspecified atom stereocenters. The lowest BCUT2D eigenvalue weighted by molar-refractivity contribution is 0.210. The second kappa shape index (κ2) is 5.70. The van der Waals surface area contributed by atoms with E-state index in [4.69, 9.17) is 0 Å². The van der Waals surface area contributed by atoms with Crippen LogP contribution in [-0.4, -0.2) is 29.5 Å². The van der Waals surface area contributed by atoms with Gasteiger partial charge < -0.3 is 10.2 Å². The van der Waals surface area contributed by atoms with E-state index >= 15 is 0 Å². The van der Waals surface area contributed by atoms with Crippen molar-refractivity contribution >= 4 is 17.4 Å². The third-order valence-electron chi connectivity index (χ3n) is 2.16. The summed E-state index contributed by atoms with van der Waals surface area (Å²) in [6.07, 6.45) is 2.87. The average molecular weight is 227 g/mol. The lowest BCUT2D eigenvalue weighted by atomic mass is 10.4. The van der Waals surface area contributed by atoms with Crippen molar-refractivity contribution in [3.05, 3.63) is 16.1 Å². The minimum atomic E-state index is -0.0502. The summed E-state index contributed by atoms with van der Waals surface area (Å²) < 4.78 is 0. The minimum Gasteiger partial charge on any atom is -0.331 e. The fourth-order valence-electron chi connectivity index (χ4n) is 1.02. The highest BCUT2D eigenvalue weighted by Gasteiger charge is 2.06. The molecule has 1 aromatic heterocycles. The van der Waals surface area contributed by atoms with E-state index in [1.54, 1.807) is 23.3 Å². The summed E-state index contributed by atoms with van der Waals surface area (Å²) in [5.74, 6) is 0. The van der Waals surface area contributed by atoms with Crippen molar-refractivity contribution in [1.29, 1.82) is 0 Å². The maximum Gasteiger partial charge on any atom is 0.317 e. The number of aryl methyl sites for hydroxylation is 1. The lowest BCUT2D eigenvalue weighted by Crippen LogP contribution is -2.36. The molecule has 15 heavy (non-hydrogen) atoms. The van der Waals surface area contributed by atoms with Gasteiger partial charge in [-0.1, -0.05) is 6.92 Å². The summed E-state index contributed by atoms with van der Waals surface area (Å²) in [7, 11) is 1.77. The van der Waals surface area contributed by atoms with Gasteiger partial charge in [0.25, 0.3) is 0 Å². The van der Waals surface area contributed by atoms with E-state index in [-0.39, 0.29) is 6.03 Å². The predicted octanol–water partition coefficient (Wildman–Crippen LogP) is 1.87. The molecule has 0 aliphatic rings. The number of urea groups is 1. The maximum atomic E-state index is 11.4. The second-order valence-electron chi connectivity index (χ2n) is 3.25. The van der Waals surface area contributed by atoms with Crippen LogP contribution in [0.15, 0.2) is 6.20 Å². The molecule has 2 amide bonds. The fraction of sp³-hybridized carbons (Fsp3) is 0.600. The van der Waals surface area contributed by atoms with Gasteiger partial charge in [0.05, 0.1) is 6.54 Å². The van der Waals surface area contributed by atoms with E-state index in [1.165, 1.54) is 4.88 Å². The number of rotatable bonds is 4. The molecule has 1 heterocycles. The van der Waals surface area contributed by atoms with Crippen LogP contribution in [0, 0.1) is 0 Å². The van der Waals surface area contributed by atoms with Crippen LogP contribution in [0.2, 0.25) is 0 Å². The first-order chi connectivity index (χ1) is 7.17. The van der Waals surface area contributed by atoms with Crippen LogP contribution in [0.5, 0.6) is 0 Å². The Morgan fingerprint density at radius 1 is 1.60 bits per heavy atom. The van der Waals surface area contributed by atoms with Crippen LogP contribution in [0.25, 0.3) is 0 Å². The maximum absolute atomic E-state index is 11.4.